The first-order valence-electron chi connectivity index (χ1n) is 8.10. The highest BCUT2D eigenvalue weighted by atomic mass is 19.1. The molecule has 1 aromatic carbocycles. The Morgan fingerprint density at radius 3 is 2.62 bits per heavy atom. The van der Waals surface area contributed by atoms with Crippen LogP contribution in [0.3, 0.4) is 0 Å². The fraction of sp³-hybridized carbons (Fsp3) is 0.529. The Morgan fingerprint density at radius 2 is 2.00 bits per heavy atom. The third-order valence-electron chi connectivity index (χ3n) is 4.30. The zero-order valence-electron chi connectivity index (χ0n) is 13.9. The van der Waals surface area contributed by atoms with E-state index in [1.54, 1.807) is 30.1 Å². The van der Waals surface area contributed by atoms with Gasteiger partial charge in [0, 0.05) is 13.0 Å². The maximum atomic E-state index is 13.4. The molecule has 0 atom stereocenters. The average molecular weight is 337 g/mol. The van der Waals surface area contributed by atoms with Crippen molar-refractivity contribution in [1.82, 2.24) is 9.80 Å². The standard InChI is InChI=1S/C17H24FN3O3/c1-20(10-11-24-15-5-3-2-4-14(15)18)16(22)12-21-8-6-13(7-9-21)17(19)23/h2-5,13H,6-12H2,1H3,(H2,19,23). The normalized spacial score (nSPS) is 15.9. The van der Waals surface area contributed by atoms with E-state index in [2.05, 4.69) is 0 Å². The molecule has 1 aliphatic rings. The van der Waals surface area contributed by atoms with Crippen LogP contribution >= 0.6 is 0 Å². The summed E-state index contributed by atoms with van der Waals surface area (Å²) in [6.45, 7) is 2.30. The molecule has 1 heterocycles. The van der Waals surface area contributed by atoms with Crippen LogP contribution in [0.15, 0.2) is 24.3 Å². The molecule has 132 valence electrons. The lowest BCUT2D eigenvalue weighted by molar-refractivity contribution is -0.132. The summed E-state index contributed by atoms with van der Waals surface area (Å²) in [5.41, 5.74) is 5.30. The van der Waals surface area contributed by atoms with Gasteiger partial charge in [0.15, 0.2) is 11.6 Å². The number of nitrogens with two attached hydrogens (primary N) is 1. The summed E-state index contributed by atoms with van der Waals surface area (Å²) in [6, 6.07) is 6.18. The minimum atomic E-state index is -0.413. The molecule has 0 aromatic heterocycles. The van der Waals surface area contributed by atoms with Crippen LogP contribution in [0.2, 0.25) is 0 Å². The van der Waals surface area contributed by atoms with E-state index in [0.29, 0.717) is 39.0 Å². The van der Waals surface area contributed by atoms with Gasteiger partial charge in [0.05, 0.1) is 13.1 Å². The first-order chi connectivity index (χ1) is 11.5. The molecule has 0 spiro atoms. The second-order valence-corrected chi connectivity index (χ2v) is 6.05. The SMILES string of the molecule is CN(CCOc1ccccc1F)C(=O)CN1CCC(C(N)=O)CC1. The number of hydrogen-bond donors (Lipinski definition) is 1. The summed E-state index contributed by atoms with van der Waals surface area (Å²) < 4.78 is 18.8. The van der Waals surface area contributed by atoms with Gasteiger partial charge >= 0.3 is 0 Å². The van der Waals surface area contributed by atoms with Crippen molar-refractivity contribution in [3.8, 4) is 5.75 Å². The molecule has 0 bridgehead atoms. The Hall–Kier alpha value is -2.15. The van der Waals surface area contributed by atoms with Gasteiger partial charge in [-0.05, 0) is 38.1 Å². The zero-order valence-corrected chi connectivity index (χ0v) is 13.9. The molecule has 1 saturated heterocycles. The fourth-order valence-corrected chi connectivity index (χ4v) is 2.67. The number of hydrogen-bond acceptors (Lipinski definition) is 4. The molecule has 7 heteroatoms. The smallest absolute Gasteiger partial charge is 0.236 e. The Bertz CT molecular complexity index is 574. The van der Waals surface area contributed by atoms with E-state index < -0.39 is 5.82 Å². The molecular formula is C17H24FN3O3. The highest BCUT2D eigenvalue weighted by Gasteiger charge is 2.24. The number of halogens is 1. The number of likely N-dealkylation sites (N-methyl/N-ethyl adjacent to an activating group) is 1. The molecule has 2 amide bonds. The molecule has 1 fully saturated rings. The van der Waals surface area contributed by atoms with E-state index in [1.165, 1.54) is 6.07 Å². The van der Waals surface area contributed by atoms with E-state index in [-0.39, 0.29) is 30.1 Å². The van der Waals surface area contributed by atoms with E-state index in [0.717, 1.165) is 0 Å². The van der Waals surface area contributed by atoms with Crippen LogP contribution in [0.25, 0.3) is 0 Å². The summed E-state index contributed by atoms with van der Waals surface area (Å²) in [5, 5.41) is 0. The second kappa shape index (κ2) is 8.63. The van der Waals surface area contributed by atoms with Crippen molar-refractivity contribution in [1.29, 1.82) is 0 Å². The zero-order chi connectivity index (χ0) is 17.5. The third-order valence-corrected chi connectivity index (χ3v) is 4.30. The summed E-state index contributed by atoms with van der Waals surface area (Å²) in [5.74, 6) is -0.591. The van der Waals surface area contributed by atoms with Gasteiger partial charge in [-0.3, -0.25) is 14.5 Å². The first kappa shape index (κ1) is 18.2. The third kappa shape index (κ3) is 5.19. The monoisotopic (exact) mass is 337 g/mol. The molecule has 1 aromatic rings. The Kier molecular flexibility index (Phi) is 6.54. The van der Waals surface area contributed by atoms with Gasteiger partial charge in [-0.1, -0.05) is 12.1 Å². The summed E-state index contributed by atoms with van der Waals surface area (Å²) in [4.78, 5) is 26.9. The lowest BCUT2D eigenvalue weighted by Crippen LogP contribution is -2.44. The van der Waals surface area contributed by atoms with Crippen LogP contribution in [-0.2, 0) is 9.59 Å². The van der Waals surface area contributed by atoms with Crippen LogP contribution in [0.5, 0.6) is 5.75 Å². The van der Waals surface area contributed by atoms with E-state index in [9.17, 15) is 14.0 Å². The summed E-state index contributed by atoms with van der Waals surface area (Å²) >= 11 is 0. The number of nitrogens with zero attached hydrogens (tertiary/aromatic N) is 2. The molecule has 0 unspecified atom stereocenters. The predicted octanol–water partition coefficient (Wildman–Crippen LogP) is 0.860. The lowest BCUT2D eigenvalue weighted by Gasteiger charge is -2.31. The number of para-hydroxylation sites is 1. The van der Waals surface area contributed by atoms with Gasteiger partial charge in [-0.25, -0.2) is 4.39 Å². The number of likely N-dealkylation sites (tertiary alicyclic amines) is 1. The number of benzene rings is 1. The van der Waals surface area contributed by atoms with Crippen molar-refractivity contribution in [2.45, 2.75) is 12.8 Å². The minimum absolute atomic E-state index is 0.0235. The highest BCUT2D eigenvalue weighted by Crippen LogP contribution is 2.17. The average Bonchev–Trinajstić information content (AvgIpc) is 2.57. The van der Waals surface area contributed by atoms with Gasteiger partial charge < -0.3 is 15.4 Å². The van der Waals surface area contributed by atoms with Crippen molar-refractivity contribution in [2.24, 2.45) is 11.7 Å². The van der Waals surface area contributed by atoms with E-state index in [1.807, 2.05) is 4.90 Å². The maximum Gasteiger partial charge on any atom is 0.236 e. The largest absolute Gasteiger partial charge is 0.489 e. The molecule has 2 rings (SSSR count). The van der Waals surface area contributed by atoms with E-state index in [4.69, 9.17) is 10.5 Å². The fourth-order valence-electron chi connectivity index (χ4n) is 2.67. The second-order valence-electron chi connectivity index (χ2n) is 6.05. The van der Waals surface area contributed by atoms with Crippen LogP contribution in [0.4, 0.5) is 4.39 Å². The van der Waals surface area contributed by atoms with Gasteiger partial charge in [-0.2, -0.15) is 0 Å². The summed E-state index contributed by atoms with van der Waals surface area (Å²) in [7, 11) is 1.70. The quantitative estimate of drug-likeness (QED) is 0.801. The molecule has 2 N–H and O–H groups in total. The van der Waals surface area contributed by atoms with E-state index >= 15 is 0 Å². The predicted molar refractivity (Wildman–Crippen MR) is 87.9 cm³/mol. The van der Waals surface area contributed by atoms with Crippen LogP contribution in [0.1, 0.15) is 12.8 Å². The van der Waals surface area contributed by atoms with Gasteiger partial charge in [0.25, 0.3) is 0 Å². The summed E-state index contributed by atoms with van der Waals surface area (Å²) in [6.07, 6.45) is 1.39. The van der Waals surface area contributed by atoms with Crippen molar-refractivity contribution in [3.05, 3.63) is 30.1 Å². The van der Waals surface area contributed by atoms with Gasteiger partial charge in [0.1, 0.15) is 6.61 Å². The number of primary amides is 1. The molecule has 0 saturated carbocycles. The number of amides is 2. The first-order valence-corrected chi connectivity index (χ1v) is 8.10. The Labute approximate surface area is 141 Å². The number of piperidine rings is 1. The van der Waals surface area contributed by atoms with Crippen LogP contribution in [0, 0.1) is 11.7 Å². The number of ether oxygens (including phenoxy) is 1. The molecule has 0 aliphatic carbocycles. The molecule has 1 aliphatic heterocycles. The number of rotatable bonds is 7. The number of carbonyl (C=O) groups is 2. The molecule has 24 heavy (non-hydrogen) atoms. The van der Waals surface area contributed by atoms with Crippen LogP contribution < -0.4 is 10.5 Å². The van der Waals surface area contributed by atoms with Crippen molar-refractivity contribution in [3.63, 3.8) is 0 Å². The van der Waals surface area contributed by atoms with Gasteiger partial charge in [0.2, 0.25) is 11.8 Å². The minimum Gasteiger partial charge on any atom is -0.489 e. The maximum absolute atomic E-state index is 13.4. The Balaban J connectivity index is 1.69. The van der Waals surface area contributed by atoms with Gasteiger partial charge in [-0.15, -0.1) is 0 Å². The van der Waals surface area contributed by atoms with Crippen molar-refractivity contribution in [2.75, 3.05) is 39.8 Å². The van der Waals surface area contributed by atoms with Crippen molar-refractivity contribution < 1.29 is 18.7 Å². The molecule has 6 nitrogen and oxygen atoms in total. The number of carbonyl (C=O) groups excluding carboxylic acids is 2. The van der Waals surface area contributed by atoms with Crippen molar-refractivity contribution >= 4 is 11.8 Å². The molecular weight excluding hydrogens is 313 g/mol. The lowest BCUT2D eigenvalue weighted by atomic mass is 9.96. The molecule has 0 radical (unpaired) electrons. The highest BCUT2D eigenvalue weighted by molar-refractivity contribution is 5.78. The van der Waals surface area contributed by atoms with Crippen LogP contribution in [-0.4, -0.2) is 61.4 Å². The topological polar surface area (TPSA) is 75.9 Å². The Morgan fingerprint density at radius 1 is 1.33 bits per heavy atom.